The first-order valence-corrected chi connectivity index (χ1v) is 9.68. The van der Waals surface area contributed by atoms with Crippen LogP contribution in [0.2, 0.25) is 5.02 Å². The van der Waals surface area contributed by atoms with E-state index in [1.165, 1.54) is 11.8 Å². The van der Waals surface area contributed by atoms with Crippen LogP contribution in [0.5, 0.6) is 0 Å². The van der Waals surface area contributed by atoms with Crippen molar-refractivity contribution < 1.29 is 4.79 Å². The highest BCUT2D eigenvalue weighted by atomic mass is 35.5. The monoisotopic (exact) mass is 397 g/mol. The number of anilines is 1. The van der Waals surface area contributed by atoms with Gasteiger partial charge in [0.15, 0.2) is 5.65 Å². The summed E-state index contributed by atoms with van der Waals surface area (Å²) >= 11 is 7.35. The van der Waals surface area contributed by atoms with Crippen LogP contribution in [-0.4, -0.2) is 31.2 Å². The summed E-state index contributed by atoms with van der Waals surface area (Å²) in [5.74, 6) is 0.859. The number of benzene rings is 2. The van der Waals surface area contributed by atoms with Crippen LogP contribution in [0.15, 0.2) is 47.5 Å². The molecule has 0 atom stereocenters. The van der Waals surface area contributed by atoms with Gasteiger partial charge in [0.05, 0.1) is 16.8 Å². The van der Waals surface area contributed by atoms with Crippen LogP contribution >= 0.6 is 23.4 Å². The topological polar surface area (TPSA) is 72.2 Å². The normalized spacial score (nSPS) is 11.2. The summed E-state index contributed by atoms with van der Waals surface area (Å²) in [5.41, 5.74) is 4.10. The number of hydrogen-bond acceptors (Lipinski definition) is 5. The Hall–Kier alpha value is -2.64. The number of fused-ring (bicyclic) bond motifs is 3. The lowest BCUT2D eigenvalue weighted by molar-refractivity contribution is -0.113. The van der Waals surface area contributed by atoms with Gasteiger partial charge in [-0.15, -0.1) is 10.2 Å². The number of carbonyl (C=O) groups excluding carboxylic acids is 1. The second kappa shape index (κ2) is 7.17. The average Bonchev–Trinajstić information content (AvgIpc) is 3.05. The van der Waals surface area contributed by atoms with Crippen LogP contribution in [0.4, 0.5) is 5.69 Å². The number of thioether (sulfide) groups is 1. The summed E-state index contributed by atoms with van der Waals surface area (Å²) in [6.45, 7) is 3.82. The first-order valence-electron chi connectivity index (χ1n) is 8.32. The van der Waals surface area contributed by atoms with Crippen LogP contribution in [0.1, 0.15) is 11.4 Å². The second-order valence-corrected chi connectivity index (χ2v) is 7.51. The zero-order chi connectivity index (χ0) is 19.0. The molecule has 6 nitrogen and oxygen atoms in total. The molecule has 136 valence electrons. The van der Waals surface area contributed by atoms with E-state index in [0.29, 0.717) is 21.4 Å². The number of aromatic nitrogens is 4. The Morgan fingerprint density at radius 2 is 2.00 bits per heavy atom. The van der Waals surface area contributed by atoms with E-state index in [1.807, 2.05) is 48.6 Å². The Morgan fingerprint density at radius 1 is 1.19 bits per heavy atom. The van der Waals surface area contributed by atoms with Gasteiger partial charge >= 0.3 is 0 Å². The minimum atomic E-state index is -0.130. The predicted octanol–water partition coefficient (Wildman–Crippen LogP) is 4.28. The van der Waals surface area contributed by atoms with Crippen molar-refractivity contribution in [2.75, 3.05) is 11.1 Å². The number of carbonyl (C=O) groups is 1. The van der Waals surface area contributed by atoms with Crippen molar-refractivity contribution in [2.24, 2.45) is 0 Å². The molecule has 0 aliphatic carbocycles. The molecule has 0 aliphatic rings. The van der Waals surface area contributed by atoms with Crippen LogP contribution in [0.25, 0.3) is 16.7 Å². The van der Waals surface area contributed by atoms with Gasteiger partial charge in [-0.3, -0.25) is 9.20 Å². The number of aryl methyl sites for hydroxylation is 2. The van der Waals surface area contributed by atoms with Crippen molar-refractivity contribution >= 4 is 51.6 Å². The predicted molar refractivity (Wildman–Crippen MR) is 109 cm³/mol. The van der Waals surface area contributed by atoms with Gasteiger partial charge in [-0.2, -0.15) is 0 Å². The lowest BCUT2D eigenvalue weighted by Gasteiger charge is -2.09. The molecule has 0 radical (unpaired) electrons. The fraction of sp³-hybridized carbons (Fsp3) is 0.158. The van der Waals surface area contributed by atoms with Crippen molar-refractivity contribution in [1.29, 1.82) is 0 Å². The molecule has 1 amide bonds. The average molecular weight is 398 g/mol. The van der Waals surface area contributed by atoms with Gasteiger partial charge in [-0.1, -0.05) is 41.6 Å². The van der Waals surface area contributed by atoms with E-state index in [1.54, 1.807) is 12.1 Å². The lowest BCUT2D eigenvalue weighted by atomic mass is 10.2. The largest absolute Gasteiger partial charge is 0.325 e. The molecule has 4 rings (SSSR count). The van der Waals surface area contributed by atoms with Gasteiger partial charge in [-0.25, -0.2) is 4.98 Å². The second-order valence-electron chi connectivity index (χ2n) is 6.11. The lowest BCUT2D eigenvalue weighted by Crippen LogP contribution is -2.15. The summed E-state index contributed by atoms with van der Waals surface area (Å²) in [6, 6.07) is 13.2. The van der Waals surface area contributed by atoms with E-state index in [9.17, 15) is 4.79 Å². The van der Waals surface area contributed by atoms with Gasteiger partial charge in [0, 0.05) is 10.7 Å². The summed E-state index contributed by atoms with van der Waals surface area (Å²) in [7, 11) is 0. The van der Waals surface area contributed by atoms with E-state index >= 15 is 0 Å². The molecule has 0 saturated heterocycles. The highest BCUT2D eigenvalue weighted by molar-refractivity contribution is 8.00. The zero-order valence-electron chi connectivity index (χ0n) is 14.7. The summed E-state index contributed by atoms with van der Waals surface area (Å²) in [6.07, 6.45) is 0. The molecule has 0 unspecified atom stereocenters. The molecule has 0 aliphatic heterocycles. The highest BCUT2D eigenvalue weighted by Crippen LogP contribution is 2.26. The molecule has 0 spiro atoms. The summed E-state index contributed by atoms with van der Waals surface area (Å²) in [5, 5.41) is 12.6. The fourth-order valence-electron chi connectivity index (χ4n) is 2.84. The van der Waals surface area contributed by atoms with Crippen LogP contribution in [0, 0.1) is 13.8 Å². The maximum atomic E-state index is 12.4. The number of hydrogen-bond donors (Lipinski definition) is 1. The van der Waals surface area contributed by atoms with Crippen molar-refractivity contribution in [1.82, 2.24) is 19.6 Å². The quantitative estimate of drug-likeness (QED) is 0.520. The number of nitrogens with zero attached hydrogens (tertiary/aromatic N) is 4. The van der Waals surface area contributed by atoms with Gasteiger partial charge < -0.3 is 5.32 Å². The molecular weight excluding hydrogens is 382 g/mol. The standard InChI is InChI=1S/C19H16ClN5OS/c1-11-7-8-13(20)9-15(11)21-17(26)10-27-19-18-24-23-12(2)25(18)16-6-4-3-5-14(16)22-19/h3-9H,10H2,1-2H3,(H,21,26). The highest BCUT2D eigenvalue weighted by Gasteiger charge is 2.15. The Labute approximate surface area is 165 Å². The maximum Gasteiger partial charge on any atom is 0.234 e. The molecule has 0 fully saturated rings. The molecule has 8 heteroatoms. The van der Waals surface area contributed by atoms with Gasteiger partial charge in [-0.05, 0) is 43.7 Å². The Kier molecular flexibility index (Phi) is 4.72. The molecule has 2 heterocycles. The van der Waals surface area contributed by atoms with E-state index in [-0.39, 0.29) is 11.7 Å². The van der Waals surface area contributed by atoms with Crippen molar-refractivity contribution in [2.45, 2.75) is 18.9 Å². The first-order chi connectivity index (χ1) is 13.0. The SMILES string of the molecule is Cc1ccc(Cl)cc1NC(=O)CSc1nc2ccccc2n2c(C)nnc12. The van der Waals surface area contributed by atoms with E-state index in [2.05, 4.69) is 20.5 Å². The third-order valence-corrected chi connectivity index (χ3v) is 5.36. The number of amides is 1. The molecule has 27 heavy (non-hydrogen) atoms. The Morgan fingerprint density at radius 3 is 2.85 bits per heavy atom. The minimum absolute atomic E-state index is 0.130. The number of nitrogens with one attached hydrogen (secondary N) is 1. The molecule has 0 bridgehead atoms. The summed E-state index contributed by atoms with van der Waals surface area (Å²) < 4.78 is 1.96. The van der Waals surface area contributed by atoms with Crippen molar-refractivity contribution in [3.05, 3.63) is 58.9 Å². The number of para-hydroxylation sites is 2. The minimum Gasteiger partial charge on any atom is -0.325 e. The fourth-order valence-corrected chi connectivity index (χ4v) is 3.78. The molecular formula is C19H16ClN5OS. The van der Waals surface area contributed by atoms with Crippen molar-refractivity contribution in [3.8, 4) is 0 Å². The van der Waals surface area contributed by atoms with Crippen LogP contribution < -0.4 is 5.32 Å². The van der Waals surface area contributed by atoms with Gasteiger partial charge in [0.1, 0.15) is 10.9 Å². The smallest absolute Gasteiger partial charge is 0.234 e. The molecule has 4 aromatic rings. The van der Waals surface area contributed by atoms with E-state index < -0.39 is 0 Å². The van der Waals surface area contributed by atoms with E-state index in [4.69, 9.17) is 11.6 Å². The van der Waals surface area contributed by atoms with Crippen molar-refractivity contribution in [3.63, 3.8) is 0 Å². The van der Waals surface area contributed by atoms with Gasteiger partial charge in [0.2, 0.25) is 5.91 Å². The number of halogens is 1. The zero-order valence-corrected chi connectivity index (χ0v) is 16.3. The summed E-state index contributed by atoms with van der Waals surface area (Å²) in [4.78, 5) is 17.1. The maximum absolute atomic E-state index is 12.4. The third-order valence-electron chi connectivity index (χ3n) is 4.17. The first kappa shape index (κ1) is 17.8. The molecule has 2 aromatic heterocycles. The van der Waals surface area contributed by atoms with Crippen LogP contribution in [0.3, 0.4) is 0 Å². The van der Waals surface area contributed by atoms with Crippen LogP contribution in [-0.2, 0) is 4.79 Å². The molecule has 2 aromatic carbocycles. The number of rotatable bonds is 4. The molecule has 0 saturated carbocycles. The van der Waals surface area contributed by atoms with Gasteiger partial charge in [0.25, 0.3) is 0 Å². The Balaban J connectivity index is 1.60. The third kappa shape index (κ3) is 3.48. The Bertz CT molecular complexity index is 1170. The van der Waals surface area contributed by atoms with E-state index in [0.717, 1.165) is 22.4 Å². The molecule has 1 N–H and O–H groups in total.